The van der Waals surface area contributed by atoms with E-state index in [4.69, 9.17) is 0 Å². The van der Waals surface area contributed by atoms with Crippen molar-refractivity contribution < 1.29 is 4.79 Å². The predicted molar refractivity (Wildman–Crippen MR) is 144 cm³/mol. The predicted octanol–water partition coefficient (Wildman–Crippen LogP) is 3.63. The van der Waals surface area contributed by atoms with Crippen molar-refractivity contribution in [1.29, 1.82) is 0 Å². The Hall–Kier alpha value is -2.62. The lowest BCUT2D eigenvalue weighted by Gasteiger charge is -2.34. The number of rotatable bonds is 6. The minimum absolute atomic E-state index is 0. The van der Waals surface area contributed by atoms with Crippen LogP contribution in [0.2, 0.25) is 0 Å². The van der Waals surface area contributed by atoms with E-state index in [-0.39, 0.29) is 29.9 Å². The number of aromatic nitrogens is 2. The number of nitrogens with one attached hydrogen (secondary N) is 2. The van der Waals surface area contributed by atoms with E-state index in [0.717, 1.165) is 56.0 Å². The Morgan fingerprint density at radius 1 is 1.09 bits per heavy atom. The number of piperidine rings is 1. The molecule has 2 aromatic carbocycles. The van der Waals surface area contributed by atoms with Crippen LogP contribution in [0.3, 0.4) is 0 Å². The number of carbonyl (C=O) groups is 1. The van der Waals surface area contributed by atoms with Crippen molar-refractivity contribution in [2.24, 2.45) is 10.9 Å². The highest BCUT2D eigenvalue weighted by Gasteiger charge is 2.23. The van der Waals surface area contributed by atoms with Crippen LogP contribution in [-0.4, -0.2) is 53.5 Å². The highest BCUT2D eigenvalue weighted by Crippen LogP contribution is 2.20. The Kier molecular flexibility index (Phi) is 9.11. The van der Waals surface area contributed by atoms with Crippen molar-refractivity contribution in [2.75, 3.05) is 27.2 Å². The van der Waals surface area contributed by atoms with E-state index < -0.39 is 0 Å². The van der Waals surface area contributed by atoms with Gasteiger partial charge in [0.25, 0.3) is 0 Å². The minimum atomic E-state index is 0. The van der Waals surface area contributed by atoms with E-state index in [9.17, 15) is 4.79 Å². The van der Waals surface area contributed by atoms with Gasteiger partial charge in [-0.15, -0.1) is 24.0 Å². The van der Waals surface area contributed by atoms with E-state index in [2.05, 4.69) is 60.4 Å². The Morgan fingerprint density at radius 3 is 2.48 bits per heavy atom. The van der Waals surface area contributed by atoms with E-state index in [1.165, 1.54) is 11.1 Å². The Labute approximate surface area is 212 Å². The summed E-state index contributed by atoms with van der Waals surface area (Å²) in [6.07, 6.45) is 4.57. The molecule has 1 aliphatic rings. The zero-order valence-electron chi connectivity index (χ0n) is 19.3. The van der Waals surface area contributed by atoms with Gasteiger partial charge < -0.3 is 20.1 Å². The molecule has 7 nitrogen and oxygen atoms in total. The fourth-order valence-electron chi connectivity index (χ4n) is 4.32. The molecule has 0 spiro atoms. The summed E-state index contributed by atoms with van der Waals surface area (Å²) < 4.78 is 2.18. The largest absolute Gasteiger partial charge is 0.359 e. The van der Waals surface area contributed by atoms with Gasteiger partial charge in [0.15, 0.2) is 5.96 Å². The molecule has 1 saturated heterocycles. The van der Waals surface area contributed by atoms with Gasteiger partial charge in [-0.3, -0.25) is 9.79 Å². The number of hydrogen-bond donors (Lipinski definition) is 2. The Bertz CT molecular complexity index is 1070. The maximum absolute atomic E-state index is 11.6. The first kappa shape index (κ1) is 25.0. The third-order valence-corrected chi connectivity index (χ3v) is 6.23. The van der Waals surface area contributed by atoms with Crippen LogP contribution in [0, 0.1) is 5.92 Å². The topological polar surface area (TPSA) is 74.5 Å². The summed E-state index contributed by atoms with van der Waals surface area (Å²) in [7, 11) is 3.53. The fourth-order valence-corrected chi connectivity index (χ4v) is 4.32. The summed E-state index contributed by atoms with van der Waals surface area (Å²) in [5.74, 6) is 1.53. The zero-order valence-corrected chi connectivity index (χ0v) is 21.7. The van der Waals surface area contributed by atoms with Gasteiger partial charge in [-0.2, -0.15) is 0 Å². The summed E-state index contributed by atoms with van der Waals surface area (Å²) >= 11 is 0. The number of halogens is 1. The molecule has 3 aromatic rings. The average Bonchev–Trinajstić information content (AvgIpc) is 3.24. The quantitative estimate of drug-likeness (QED) is 0.275. The summed E-state index contributed by atoms with van der Waals surface area (Å²) in [5.41, 5.74) is 4.65. The van der Waals surface area contributed by atoms with Gasteiger partial charge in [-0.25, -0.2) is 4.98 Å². The van der Waals surface area contributed by atoms with Gasteiger partial charge in [0, 0.05) is 46.7 Å². The zero-order chi connectivity index (χ0) is 22.3. The number of para-hydroxylation sites is 2. The number of aliphatic imine (C=N–C) groups is 1. The molecule has 0 saturated carbocycles. The molecule has 0 aliphatic carbocycles. The molecule has 1 amide bonds. The highest BCUT2D eigenvalue weighted by atomic mass is 127. The van der Waals surface area contributed by atoms with Crippen LogP contribution >= 0.6 is 24.0 Å². The smallest absolute Gasteiger partial charge is 0.220 e. The van der Waals surface area contributed by atoms with E-state index in [1.807, 2.05) is 31.6 Å². The van der Waals surface area contributed by atoms with Crippen LogP contribution in [0.4, 0.5) is 0 Å². The average molecular weight is 560 g/mol. The number of benzene rings is 2. The van der Waals surface area contributed by atoms with Crippen LogP contribution in [0.1, 0.15) is 30.4 Å². The second kappa shape index (κ2) is 12.0. The number of nitrogens with zero attached hydrogens (tertiary/aromatic N) is 4. The summed E-state index contributed by atoms with van der Waals surface area (Å²) in [6.45, 7) is 3.40. The molecule has 0 atom stereocenters. The number of guanidine groups is 1. The van der Waals surface area contributed by atoms with Crippen molar-refractivity contribution in [3.8, 4) is 0 Å². The molecule has 176 valence electrons. The first-order chi connectivity index (χ1) is 15.7. The van der Waals surface area contributed by atoms with Crippen LogP contribution in [-0.2, 0) is 17.9 Å². The molecule has 8 heteroatoms. The first-order valence-electron chi connectivity index (χ1n) is 11.3. The maximum atomic E-state index is 11.6. The third-order valence-electron chi connectivity index (χ3n) is 6.23. The molecule has 2 heterocycles. The van der Waals surface area contributed by atoms with Gasteiger partial charge in [0.2, 0.25) is 5.91 Å². The Balaban J connectivity index is 0.00000306. The lowest BCUT2D eigenvalue weighted by atomic mass is 9.93. The van der Waals surface area contributed by atoms with Crippen molar-refractivity contribution in [2.45, 2.75) is 32.4 Å². The molecule has 0 radical (unpaired) electrons. The molecule has 2 N–H and O–H groups in total. The van der Waals surface area contributed by atoms with Gasteiger partial charge in [-0.05, 0) is 42.0 Å². The number of likely N-dealkylation sites (tertiary alicyclic amines) is 1. The van der Waals surface area contributed by atoms with Gasteiger partial charge in [-0.1, -0.05) is 36.4 Å². The molecule has 0 unspecified atom stereocenters. The Morgan fingerprint density at radius 2 is 1.79 bits per heavy atom. The molecule has 33 heavy (non-hydrogen) atoms. The molecule has 1 fully saturated rings. The minimum Gasteiger partial charge on any atom is -0.359 e. The molecule has 1 aromatic heterocycles. The highest BCUT2D eigenvalue weighted by molar-refractivity contribution is 14.0. The SMILES string of the molecule is CN=C(NCc1ccc(Cn2cnc3ccccc32)cc1)N1CCC(CC(=O)NC)CC1.I. The molecular formula is C25H33IN6O. The number of carbonyl (C=O) groups excluding carboxylic acids is 1. The molecular weight excluding hydrogens is 527 g/mol. The summed E-state index contributed by atoms with van der Waals surface area (Å²) in [5, 5.41) is 6.22. The second-order valence-corrected chi connectivity index (χ2v) is 8.39. The van der Waals surface area contributed by atoms with E-state index in [0.29, 0.717) is 12.3 Å². The summed E-state index contributed by atoms with van der Waals surface area (Å²) in [4.78, 5) is 22.8. The van der Waals surface area contributed by atoms with Crippen molar-refractivity contribution in [3.05, 3.63) is 66.0 Å². The number of amides is 1. The van der Waals surface area contributed by atoms with E-state index in [1.54, 1.807) is 7.05 Å². The third kappa shape index (κ3) is 6.46. The van der Waals surface area contributed by atoms with Crippen molar-refractivity contribution in [1.82, 2.24) is 25.1 Å². The van der Waals surface area contributed by atoms with Crippen molar-refractivity contribution >= 4 is 46.9 Å². The number of hydrogen-bond acceptors (Lipinski definition) is 3. The van der Waals surface area contributed by atoms with Crippen LogP contribution in [0.25, 0.3) is 11.0 Å². The maximum Gasteiger partial charge on any atom is 0.220 e. The molecule has 4 rings (SSSR count). The fraction of sp³-hybridized carbons (Fsp3) is 0.400. The van der Waals surface area contributed by atoms with E-state index >= 15 is 0 Å². The molecule has 1 aliphatic heterocycles. The van der Waals surface area contributed by atoms with Crippen molar-refractivity contribution in [3.63, 3.8) is 0 Å². The second-order valence-electron chi connectivity index (χ2n) is 8.39. The van der Waals surface area contributed by atoms with Crippen LogP contribution in [0.5, 0.6) is 0 Å². The standard InChI is InChI=1S/C25H32N6O.HI/c1-26-24(32)15-19-11-13-30(14-12-19)25(27-2)28-16-20-7-9-21(10-8-20)17-31-18-29-22-5-3-4-6-23(22)31;/h3-10,18-19H,11-17H2,1-2H3,(H,26,32)(H,27,28);1H. The lowest BCUT2D eigenvalue weighted by molar-refractivity contribution is -0.121. The van der Waals surface area contributed by atoms with Gasteiger partial charge >= 0.3 is 0 Å². The first-order valence-corrected chi connectivity index (χ1v) is 11.3. The van der Waals surface area contributed by atoms with Crippen LogP contribution in [0.15, 0.2) is 59.9 Å². The van der Waals surface area contributed by atoms with Crippen LogP contribution < -0.4 is 10.6 Å². The number of fused-ring (bicyclic) bond motifs is 1. The monoisotopic (exact) mass is 560 g/mol. The summed E-state index contributed by atoms with van der Waals surface area (Å²) in [6, 6.07) is 16.9. The van der Waals surface area contributed by atoms with Gasteiger partial charge in [0.05, 0.1) is 17.4 Å². The number of imidazole rings is 1. The van der Waals surface area contributed by atoms with Gasteiger partial charge in [0.1, 0.15) is 0 Å². The molecule has 0 bridgehead atoms. The lowest BCUT2D eigenvalue weighted by Crippen LogP contribution is -2.45. The normalized spacial score (nSPS) is 14.7.